The molecule has 0 radical (unpaired) electrons. The highest BCUT2D eigenvalue weighted by molar-refractivity contribution is 5.99. The topological polar surface area (TPSA) is 36.1 Å². The molecule has 0 bridgehead atoms. The van der Waals surface area contributed by atoms with Crippen LogP contribution in [0, 0.1) is 25.7 Å². The van der Waals surface area contributed by atoms with Crippen LogP contribution in [0.4, 0.5) is 0 Å². The number of carbonyl (C=O) groups excluding carboxylic acids is 1. The largest absolute Gasteiger partial charge is 0.358 e. The van der Waals surface area contributed by atoms with Gasteiger partial charge in [0.05, 0.1) is 0 Å². The minimum absolute atomic E-state index is 0.217. The monoisotopic (exact) mass is 310 g/mol. The molecule has 4 rings (SSSR count). The number of carbonyl (C=O) groups is 1. The van der Waals surface area contributed by atoms with Crippen molar-refractivity contribution in [1.82, 2.24) is 9.88 Å². The second-order valence-electron chi connectivity index (χ2n) is 7.48. The second kappa shape index (κ2) is 5.70. The molecule has 1 aliphatic carbocycles. The number of H-pyrrole nitrogens is 1. The molecule has 23 heavy (non-hydrogen) atoms. The molecule has 1 aromatic carbocycles. The van der Waals surface area contributed by atoms with Crippen molar-refractivity contribution in [2.24, 2.45) is 11.8 Å². The maximum atomic E-state index is 13.0. The zero-order valence-electron chi connectivity index (χ0n) is 14.2. The number of amides is 1. The Bertz CT molecular complexity index is 745. The molecule has 2 fully saturated rings. The number of aromatic amines is 1. The molecule has 1 saturated heterocycles. The fraction of sp³-hybridized carbons (Fsp3) is 0.550. The molecule has 2 aliphatic rings. The van der Waals surface area contributed by atoms with Crippen LogP contribution in [0.2, 0.25) is 0 Å². The van der Waals surface area contributed by atoms with Gasteiger partial charge in [0.2, 0.25) is 0 Å². The van der Waals surface area contributed by atoms with Gasteiger partial charge in [-0.05, 0) is 62.3 Å². The molecule has 1 saturated carbocycles. The first-order chi connectivity index (χ1) is 11.1. The van der Waals surface area contributed by atoms with Gasteiger partial charge in [-0.25, -0.2) is 0 Å². The summed E-state index contributed by atoms with van der Waals surface area (Å²) < 4.78 is 0. The van der Waals surface area contributed by atoms with Crippen molar-refractivity contribution in [2.75, 3.05) is 13.1 Å². The molecule has 2 heterocycles. The van der Waals surface area contributed by atoms with E-state index in [1.54, 1.807) is 0 Å². The molecule has 0 spiro atoms. The quantitative estimate of drug-likeness (QED) is 0.830. The molecular formula is C20H26N2O. The maximum absolute atomic E-state index is 13.0. The Kier molecular flexibility index (Phi) is 3.67. The smallest absolute Gasteiger partial charge is 0.253 e. The lowest BCUT2D eigenvalue weighted by Crippen LogP contribution is -2.44. The van der Waals surface area contributed by atoms with Crippen molar-refractivity contribution in [3.05, 3.63) is 35.0 Å². The molecule has 1 aliphatic heterocycles. The summed E-state index contributed by atoms with van der Waals surface area (Å²) >= 11 is 0. The highest BCUT2D eigenvalue weighted by Crippen LogP contribution is 2.36. The van der Waals surface area contributed by atoms with Crippen molar-refractivity contribution in [2.45, 2.75) is 46.0 Å². The number of hydrogen-bond acceptors (Lipinski definition) is 1. The first kappa shape index (κ1) is 14.8. The highest BCUT2D eigenvalue weighted by Gasteiger charge is 2.33. The van der Waals surface area contributed by atoms with Gasteiger partial charge in [-0.1, -0.05) is 19.3 Å². The Hall–Kier alpha value is -1.77. The van der Waals surface area contributed by atoms with Crippen LogP contribution < -0.4 is 0 Å². The van der Waals surface area contributed by atoms with Crippen molar-refractivity contribution >= 4 is 16.8 Å². The first-order valence-electron chi connectivity index (χ1n) is 9.01. The number of nitrogens with one attached hydrogen (secondary N) is 1. The van der Waals surface area contributed by atoms with Crippen LogP contribution in [0.15, 0.2) is 18.2 Å². The summed E-state index contributed by atoms with van der Waals surface area (Å²) in [6, 6.07) is 6.10. The second-order valence-corrected chi connectivity index (χ2v) is 7.48. The molecule has 1 N–H and O–H groups in total. The van der Waals surface area contributed by atoms with E-state index in [0.29, 0.717) is 0 Å². The summed E-state index contributed by atoms with van der Waals surface area (Å²) in [5, 5.41) is 1.18. The van der Waals surface area contributed by atoms with Crippen LogP contribution >= 0.6 is 0 Å². The molecule has 2 atom stereocenters. The van der Waals surface area contributed by atoms with Crippen molar-refractivity contribution in [1.29, 1.82) is 0 Å². The predicted octanol–water partition coefficient (Wildman–Crippen LogP) is 4.44. The van der Waals surface area contributed by atoms with Gasteiger partial charge in [-0.3, -0.25) is 4.79 Å². The fourth-order valence-electron chi connectivity index (χ4n) is 4.56. The van der Waals surface area contributed by atoms with Gasteiger partial charge >= 0.3 is 0 Å². The van der Waals surface area contributed by atoms with Gasteiger partial charge in [0.25, 0.3) is 5.91 Å². The Morgan fingerprint density at radius 3 is 2.74 bits per heavy atom. The molecular weight excluding hydrogens is 284 g/mol. The number of hydrogen-bond donors (Lipinski definition) is 1. The van der Waals surface area contributed by atoms with Crippen LogP contribution in [-0.2, 0) is 0 Å². The van der Waals surface area contributed by atoms with Crippen LogP contribution in [0.1, 0.15) is 53.7 Å². The SMILES string of the molecule is Cc1[nH]c2ccc(C(=O)N3CC[C@@H]4CCCC[C@H]4C3)cc2c1C. The zero-order chi connectivity index (χ0) is 16.0. The van der Waals surface area contributed by atoms with E-state index in [0.717, 1.165) is 36.0 Å². The summed E-state index contributed by atoms with van der Waals surface area (Å²) in [5.41, 5.74) is 4.41. The summed E-state index contributed by atoms with van der Waals surface area (Å²) in [4.78, 5) is 18.4. The Morgan fingerprint density at radius 2 is 1.91 bits per heavy atom. The third kappa shape index (κ3) is 2.56. The lowest BCUT2D eigenvalue weighted by molar-refractivity contribution is 0.0521. The number of aryl methyl sites for hydroxylation is 2. The van der Waals surface area contributed by atoms with Gasteiger partial charge in [0.15, 0.2) is 0 Å². The summed E-state index contributed by atoms with van der Waals surface area (Å²) in [6.07, 6.45) is 6.61. The molecule has 1 aromatic heterocycles. The predicted molar refractivity (Wildman–Crippen MR) is 93.7 cm³/mol. The lowest BCUT2D eigenvalue weighted by atomic mass is 9.75. The van der Waals surface area contributed by atoms with Crippen LogP contribution in [0.5, 0.6) is 0 Å². The Labute approximate surface area is 138 Å². The van der Waals surface area contributed by atoms with Crippen molar-refractivity contribution < 1.29 is 4.79 Å². The van der Waals surface area contributed by atoms with Crippen LogP contribution in [-0.4, -0.2) is 28.9 Å². The highest BCUT2D eigenvalue weighted by atomic mass is 16.2. The maximum Gasteiger partial charge on any atom is 0.253 e. The summed E-state index contributed by atoms with van der Waals surface area (Å²) in [5.74, 6) is 1.82. The molecule has 2 aromatic rings. The van der Waals surface area contributed by atoms with E-state index in [-0.39, 0.29) is 5.91 Å². The van der Waals surface area contributed by atoms with Crippen molar-refractivity contribution in [3.8, 4) is 0 Å². The van der Waals surface area contributed by atoms with E-state index in [2.05, 4.69) is 35.9 Å². The van der Waals surface area contributed by atoms with Gasteiger partial charge < -0.3 is 9.88 Å². The molecule has 3 heteroatoms. The third-order valence-electron chi connectivity index (χ3n) is 6.13. The van der Waals surface area contributed by atoms with E-state index in [9.17, 15) is 4.79 Å². The lowest BCUT2D eigenvalue weighted by Gasteiger charge is -2.41. The first-order valence-corrected chi connectivity index (χ1v) is 9.01. The van der Waals surface area contributed by atoms with Crippen LogP contribution in [0.3, 0.4) is 0 Å². The standard InChI is InChI=1S/C20H26N2O/c1-13-14(2)21-19-8-7-16(11-18(13)19)20(23)22-10-9-15-5-3-4-6-17(15)12-22/h7-8,11,15,17,21H,3-6,9-10,12H2,1-2H3/t15-,17-/m0/s1. The van der Waals surface area contributed by atoms with Crippen LogP contribution in [0.25, 0.3) is 10.9 Å². The van der Waals surface area contributed by atoms with E-state index < -0.39 is 0 Å². The van der Waals surface area contributed by atoms with E-state index >= 15 is 0 Å². The number of fused-ring (bicyclic) bond motifs is 2. The Balaban J connectivity index is 1.58. The van der Waals surface area contributed by atoms with E-state index in [1.165, 1.54) is 48.7 Å². The Morgan fingerprint density at radius 1 is 1.13 bits per heavy atom. The van der Waals surface area contributed by atoms with Gasteiger partial charge in [0.1, 0.15) is 0 Å². The van der Waals surface area contributed by atoms with Gasteiger partial charge in [-0.15, -0.1) is 0 Å². The molecule has 3 nitrogen and oxygen atoms in total. The van der Waals surface area contributed by atoms with E-state index in [4.69, 9.17) is 0 Å². The average Bonchev–Trinajstić information content (AvgIpc) is 2.88. The van der Waals surface area contributed by atoms with Gasteiger partial charge in [0, 0.05) is 35.2 Å². The fourth-order valence-corrected chi connectivity index (χ4v) is 4.56. The zero-order valence-corrected chi connectivity index (χ0v) is 14.2. The van der Waals surface area contributed by atoms with Gasteiger partial charge in [-0.2, -0.15) is 0 Å². The van der Waals surface area contributed by atoms with E-state index in [1.807, 2.05) is 6.07 Å². The number of rotatable bonds is 1. The van der Waals surface area contributed by atoms with Crippen molar-refractivity contribution in [3.63, 3.8) is 0 Å². The number of likely N-dealkylation sites (tertiary alicyclic amines) is 1. The number of piperidine rings is 1. The summed E-state index contributed by atoms with van der Waals surface area (Å²) in [7, 11) is 0. The molecule has 0 unspecified atom stereocenters. The normalized spacial score (nSPS) is 24.7. The average molecular weight is 310 g/mol. The molecule has 1 amide bonds. The summed E-state index contributed by atoms with van der Waals surface area (Å²) in [6.45, 7) is 6.11. The number of benzene rings is 1. The minimum Gasteiger partial charge on any atom is -0.358 e. The third-order valence-corrected chi connectivity index (χ3v) is 6.13. The number of nitrogens with zero attached hydrogens (tertiary/aromatic N) is 1. The number of aromatic nitrogens is 1. The minimum atomic E-state index is 0.217. The molecule has 122 valence electrons.